The van der Waals surface area contributed by atoms with Crippen molar-refractivity contribution >= 4 is 28.4 Å². The van der Waals surface area contributed by atoms with Crippen LogP contribution in [0.1, 0.15) is 55.7 Å². The lowest BCUT2D eigenvalue weighted by Gasteiger charge is -2.32. The smallest absolute Gasteiger partial charge is 0.223 e. The number of carbonyl (C=O) groups is 1. The largest absolute Gasteiger partial charge is 0.353 e. The molecule has 200 valence electrons. The van der Waals surface area contributed by atoms with Gasteiger partial charge in [-0.2, -0.15) is 5.10 Å². The quantitative estimate of drug-likeness (QED) is 0.416. The SMILES string of the molecule is Cc1c(-c2[nH]c3ccc(N4C[C@H]5C[C@@H]4CCN5CCC(=O)N(C)C)nc3c2C(C)C)cn2ncnc2c1C. The summed E-state index contributed by atoms with van der Waals surface area (Å²) < 4.78 is 1.87. The normalized spacial score (nSPS) is 19.8. The van der Waals surface area contributed by atoms with Crippen molar-refractivity contribution in [2.75, 3.05) is 38.6 Å². The molecule has 1 N–H and O–H groups in total. The van der Waals surface area contributed by atoms with Crippen LogP contribution in [0.3, 0.4) is 0 Å². The lowest BCUT2D eigenvalue weighted by molar-refractivity contribution is -0.129. The van der Waals surface area contributed by atoms with Crippen LogP contribution in [0.4, 0.5) is 5.82 Å². The number of carbonyl (C=O) groups excluding carboxylic acids is 1. The first kappa shape index (κ1) is 24.9. The molecule has 6 rings (SSSR count). The average molecular weight is 515 g/mol. The highest BCUT2D eigenvalue weighted by Gasteiger charge is 2.40. The first-order chi connectivity index (χ1) is 18.2. The first-order valence-corrected chi connectivity index (χ1v) is 13.8. The molecular weight excluding hydrogens is 476 g/mol. The summed E-state index contributed by atoms with van der Waals surface area (Å²) in [6.07, 6.45) is 6.53. The van der Waals surface area contributed by atoms with Gasteiger partial charge in [0.15, 0.2) is 5.65 Å². The van der Waals surface area contributed by atoms with Crippen LogP contribution in [0.25, 0.3) is 27.9 Å². The lowest BCUT2D eigenvalue weighted by atomic mass is 9.95. The van der Waals surface area contributed by atoms with E-state index in [4.69, 9.17) is 4.98 Å². The molecule has 9 heteroatoms. The Morgan fingerprint density at radius 1 is 1.18 bits per heavy atom. The number of fused-ring (bicyclic) bond motifs is 4. The molecule has 6 heterocycles. The molecule has 0 radical (unpaired) electrons. The molecule has 2 fully saturated rings. The van der Waals surface area contributed by atoms with Crippen LogP contribution in [-0.2, 0) is 4.79 Å². The van der Waals surface area contributed by atoms with Crippen LogP contribution in [-0.4, -0.2) is 86.1 Å². The van der Waals surface area contributed by atoms with Crippen molar-refractivity contribution < 1.29 is 4.79 Å². The van der Waals surface area contributed by atoms with Gasteiger partial charge in [0.05, 0.1) is 16.7 Å². The van der Waals surface area contributed by atoms with Crippen molar-refractivity contribution in [3.8, 4) is 11.3 Å². The summed E-state index contributed by atoms with van der Waals surface area (Å²) in [5, 5.41) is 4.41. The standard InChI is InChI=1S/C29H38N8O/c1-17(2)26-27(22-15-37-29(30-16-31-37)19(4)18(22)3)32-23-7-8-24(33-28(23)26)36-14-21-13-20(36)9-11-35(21)12-10-25(38)34(5)6/h7-8,15-17,20-21,32H,9-14H2,1-6H3/t20-,21+/m0/s1. The number of anilines is 1. The average Bonchev–Trinajstić information content (AvgIpc) is 3.60. The zero-order valence-electron chi connectivity index (χ0n) is 23.3. The number of hydrogen-bond acceptors (Lipinski definition) is 6. The van der Waals surface area contributed by atoms with Gasteiger partial charge in [-0.1, -0.05) is 13.8 Å². The molecule has 2 aliphatic rings. The van der Waals surface area contributed by atoms with E-state index in [2.05, 4.69) is 70.9 Å². The summed E-state index contributed by atoms with van der Waals surface area (Å²) in [4.78, 5) is 32.3. The van der Waals surface area contributed by atoms with Crippen LogP contribution < -0.4 is 4.90 Å². The molecule has 0 spiro atoms. The van der Waals surface area contributed by atoms with Gasteiger partial charge in [0.25, 0.3) is 0 Å². The summed E-state index contributed by atoms with van der Waals surface area (Å²) >= 11 is 0. The Kier molecular flexibility index (Phi) is 6.13. The number of nitrogens with one attached hydrogen (secondary N) is 1. The van der Waals surface area contributed by atoms with Gasteiger partial charge in [-0.05, 0) is 55.9 Å². The highest BCUT2D eigenvalue weighted by Crippen LogP contribution is 2.39. The molecule has 0 aromatic carbocycles. The topological polar surface area (TPSA) is 85.7 Å². The number of nitrogens with zero attached hydrogens (tertiary/aromatic N) is 7. The Balaban J connectivity index is 1.33. The van der Waals surface area contributed by atoms with Crippen LogP contribution >= 0.6 is 0 Å². The molecular formula is C29H38N8O. The van der Waals surface area contributed by atoms with Gasteiger partial charge in [-0.3, -0.25) is 9.69 Å². The van der Waals surface area contributed by atoms with E-state index >= 15 is 0 Å². The van der Waals surface area contributed by atoms with E-state index < -0.39 is 0 Å². The van der Waals surface area contributed by atoms with E-state index in [0.29, 0.717) is 24.4 Å². The number of aromatic amines is 1. The number of piperidine rings is 1. The number of hydrogen-bond donors (Lipinski definition) is 1. The third kappa shape index (κ3) is 4.04. The minimum atomic E-state index is 0.201. The van der Waals surface area contributed by atoms with E-state index in [1.54, 1.807) is 11.2 Å². The highest BCUT2D eigenvalue weighted by molar-refractivity contribution is 5.90. The van der Waals surface area contributed by atoms with Crippen molar-refractivity contribution in [3.63, 3.8) is 0 Å². The van der Waals surface area contributed by atoms with Crippen molar-refractivity contribution in [2.45, 2.75) is 65.0 Å². The zero-order valence-corrected chi connectivity index (χ0v) is 23.3. The molecule has 0 unspecified atom stereocenters. The summed E-state index contributed by atoms with van der Waals surface area (Å²) in [5.74, 6) is 1.56. The van der Waals surface area contributed by atoms with E-state index in [0.717, 1.165) is 71.8 Å². The van der Waals surface area contributed by atoms with Crippen molar-refractivity contribution in [1.29, 1.82) is 0 Å². The first-order valence-electron chi connectivity index (χ1n) is 13.8. The molecule has 2 atom stereocenters. The maximum absolute atomic E-state index is 12.2. The predicted molar refractivity (Wildman–Crippen MR) is 151 cm³/mol. The number of rotatable bonds is 6. The monoisotopic (exact) mass is 514 g/mol. The second kappa shape index (κ2) is 9.38. The Morgan fingerprint density at radius 2 is 2.00 bits per heavy atom. The molecule has 4 aromatic rings. The Bertz CT molecular complexity index is 1520. The molecule has 9 nitrogen and oxygen atoms in total. The number of pyridine rings is 2. The van der Waals surface area contributed by atoms with Crippen LogP contribution in [0, 0.1) is 13.8 Å². The fraction of sp³-hybridized carbons (Fsp3) is 0.517. The van der Waals surface area contributed by atoms with E-state index in [1.807, 2.05) is 18.6 Å². The van der Waals surface area contributed by atoms with Gasteiger partial charge >= 0.3 is 0 Å². The van der Waals surface area contributed by atoms with E-state index in [9.17, 15) is 4.79 Å². The third-order valence-electron chi connectivity index (χ3n) is 8.70. The van der Waals surface area contributed by atoms with Gasteiger partial charge in [0.2, 0.25) is 5.91 Å². The number of amides is 1. The molecule has 1 amide bonds. The van der Waals surface area contributed by atoms with Crippen molar-refractivity contribution in [3.05, 3.63) is 41.3 Å². The minimum Gasteiger partial charge on any atom is -0.353 e. The van der Waals surface area contributed by atoms with Gasteiger partial charge in [0.1, 0.15) is 12.1 Å². The van der Waals surface area contributed by atoms with E-state index in [1.165, 1.54) is 11.1 Å². The number of likely N-dealkylation sites (tertiary alicyclic amines) is 1. The fourth-order valence-electron chi connectivity index (χ4n) is 6.43. The van der Waals surface area contributed by atoms with Gasteiger partial charge < -0.3 is 14.8 Å². The predicted octanol–water partition coefficient (Wildman–Crippen LogP) is 4.14. The maximum atomic E-state index is 12.2. The minimum absolute atomic E-state index is 0.201. The molecule has 2 aliphatic heterocycles. The van der Waals surface area contributed by atoms with Gasteiger partial charge in [-0.25, -0.2) is 14.5 Å². The summed E-state index contributed by atoms with van der Waals surface area (Å²) in [6.45, 7) is 11.6. The highest BCUT2D eigenvalue weighted by atomic mass is 16.2. The molecule has 0 aliphatic carbocycles. The summed E-state index contributed by atoms with van der Waals surface area (Å²) in [5.41, 5.74) is 8.87. The molecule has 38 heavy (non-hydrogen) atoms. The van der Waals surface area contributed by atoms with E-state index in [-0.39, 0.29) is 5.91 Å². The molecule has 2 bridgehead atoms. The number of aryl methyl sites for hydroxylation is 1. The third-order valence-corrected chi connectivity index (χ3v) is 8.70. The molecule has 2 saturated heterocycles. The summed E-state index contributed by atoms with van der Waals surface area (Å²) in [7, 11) is 3.67. The lowest BCUT2D eigenvalue weighted by Crippen LogP contribution is -2.42. The molecule has 0 saturated carbocycles. The van der Waals surface area contributed by atoms with Gasteiger partial charge in [0, 0.05) is 69.6 Å². The summed E-state index contributed by atoms with van der Waals surface area (Å²) in [6, 6.07) is 5.35. The second-order valence-corrected chi connectivity index (χ2v) is 11.5. The zero-order chi connectivity index (χ0) is 26.7. The van der Waals surface area contributed by atoms with Crippen molar-refractivity contribution in [1.82, 2.24) is 34.4 Å². The van der Waals surface area contributed by atoms with Crippen molar-refractivity contribution in [2.24, 2.45) is 0 Å². The fourth-order valence-corrected chi connectivity index (χ4v) is 6.43. The second-order valence-electron chi connectivity index (χ2n) is 11.5. The van der Waals surface area contributed by atoms with Crippen LogP contribution in [0.2, 0.25) is 0 Å². The number of H-pyrrole nitrogens is 1. The Labute approximate surface area is 223 Å². The molecule has 4 aromatic heterocycles. The van der Waals surface area contributed by atoms with Crippen LogP contribution in [0.5, 0.6) is 0 Å². The Hall–Kier alpha value is -3.46. The van der Waals surface area contributed by atoms with Crippen LogP contribution in [0.15, 0.2) is 24.7 Å². The maximum Gasteiger partial charge on any atom is 0.223 e. The number of aromatic nitrogens is 5. The Morgan fingerprint density at radius 3 is 2.76 bits per heavy atom. The van der Waals surface area contributed by atoms with Gasteiger partial charge in [-0.15, -0.1) is 0 Å².